The van der Waals surface area contributed by atoms with E-state index < -0.39 is 0 Å². The molecule has 5 nitrogen and oxygen atoms in total. The van der Waals surface area contributed by atoms with Crippen LogP contribution in [-0.4, -0.2) is 31.6 Å². The molecular formula is C27H33NO4. The van der Waals surface area contributed by atoms with Crippen molar-refractivity contribution < 1.29 is 19.1 Å². The van der Waals surface area contributed by atoms with Gasteiger partial charge in [0.1, 0.15) is 12.4 Å². The zero-order valence-corrected chi connectivity index (χ0v) is 19.1. The molecule has 4 aliphatic rings. The van der Waals surface area contributed by atoms with Crippen molar-refractivity contribution in [2.24, 2.45) is 17.3 Å². The summed E-state index contributed by atoms with van der Waals surface area (Å²) in [6.45, 7) is 5.59. The molecule has 2 saturated carbocycles. The van der Waals surface area contributed by atoms with Crippen molar-refractivity contribution in [2.75, 3.05) is 13.2 Å². The summed E-state index contributed by atoms with van der Waals surface area (Å²) in [5.74, 6) is 1.31. The Morgan fingerprint density at radius 2 is 2.03 bits per heavy atom. The quantitative estimate of drug-likeness (QED) is 0.632. The molecule has 3 aliphatic carbocycles. The fraction of sp³-hybridized carbons (Fsp3) is 0.556. The van der Waals surface area contributed by atoms with E-state index in [1.165, 1.54) is 16.7 Å². The van der Waals surface area contributed by atoms with Gasteiger partial charge in [-0.2, -0.15) is 0 Å². The second-order valence-corrected chi connectivity index (χ2v) is 10.00. The average molecular weight is 436 g/mol. The van der Waals surface area contributed by atoms with E-state index in [0.29, 0.717) is 23.9 Å². The highest BCUT2D eigenvalue weighted by molar-refractivity contribution is 5.74. The zero-order chi connectivity index (χ0) is 22.3. The van der Waals surface area contributed by atoms with Crippen LogP contribution in [0.5, 0.6) is 0 Å². The van der Waals surface area contributed by atoms with Gasteiger partial charge in [0.05, 0.1) is 12.9 Å². The highest BCUT2D eigenvalue weighted by atomic mass is 16.6. The Kier molecular flexibility index (Phi) is 5.60. The Balaban J connectivity index is 1.57. The van der Waals surface area contributed by atoms with E-state index in [2.05, 4.69) is 24.4 Å². The van der Waals surface area contributed by atoms with Crippen LogP contribution < -0.4 is 5.32 Å². The summed E-state index contributed by atoms with van der Waals surface area (Å²) in [4.78, 5) is 23.5. The lowest BCUT2D eigenvalue weighted by atomic mass is 9.53. The third kappa shape index (κ3) is 3.46. The van der Waals surface area contributed by atoms with Crippen molar-refractivity contribution in [1.29, 1.82) is 0 Å². The number of rotatable bonds is 4. The number of carbonyl (C=O) groups is 2. The first-order valence-electron chi connectivity index (χ1n) is 12.1. The minimum absolute atomic E-state index is 0.0554. The van der Waals surface area contributed by atoms with E-state index in [9.17, 15) is 9.59 Å². The Morgan fingerprint density at radius 3 is 2.78 bits per heavy atom. The van der Waals surface area contributed by atoms with Crippen LogP contribution in [0, 0.1) is 17.3 Å². The maximum Gasteiger partial charge on any atom is 0.407 e. The van der Waals surface area contributed by atoms with E-state index in [4.69, 9.17) is 9.47 Å². The van der Waals surface area contributed by atoms with Crippen LogP contribution in [0.1, 0.15) is 74.2 Å². The highest BCUT2D eigenvalue weighted by Crippen LogP contribution is 2.64. The molecule has 1 aromatic carbocycles. The molecule has 1 amide bonds. The van der Waals surface area contributed by atoms with Gasteiger partial charge in [0.25, 0.3) is 0 Å². The maximum atomic E-state index is 12.3. The zero-order valence-electron chi connectivity index (χ0n) is 19.1. The summed E-state index contributed by atoms with van der Waals surface area (Å²) in [6.07, 6.45) is 8.70. The van der Waals surface area contributed by atoms with E-state index in [1.807, 2.05) is 25.3 Å². The van der Waals surface area contributed by atoms with Gasteiger partial charge < -0.3 is 14.8 Å². The molecule has 2 unspecified atom stereocenters. The minimum atomic E-state index is -0.297. The van der Waals surface area contributed by atoms with Crippen LogP contribution in [0.25, 0.3) is 0 Å². The topological polar surface area (TPSA) is 64.6 Å². The largest absolute Gasteiger partial charge is 0.501 e. The molecule has 2 fully saturated rings. The second kappa shape index (κ2) is 8.42. The van der Waals surface area contributed by atoms with Crippen LogP contribution in [0.3, 0.4) is 0 Å². The van der Waals surface area contributed by atoms with Gasteiger partial charge in [-0.15, -0.1) is 0 Å². The van der Waals surface area contributed by atoms with E-state index in [1.54, 1.807) is 5.57 Å². The molecule has 5 heteroatoms. The Hall–Kier alpha value is -2.56. The molecular weight excluding hydrogens is 402 g/mol. The second-order valence-electron chi connectivity index (χ2n) is 10.00. The summed E-state index contributed by atoms with van der Waals surface area (Å²) >= 11 is 0. The van der Waals surface area contributed by atoms with Gasteiger partial charge in [-0.3, -0.25) is 4.79 Å². The van der Waals surface area contributed by atoms with Crippen LogP contribution in [-0.2, 0) is 9.47 Å². The molecule has 170 valence electrons. The first kappa shape index (κ1) is 21.3. The Bertz CT molecular complexity index is 962. The van der Waals surface area contributed by atoms with Crippen molar-refractivity contribution in [3.05, 3.63) is 58.4 Å². The normalized spacial score (nSPS) is 33.2. The fourth-order valence-corrected chi connectivity index (χ4v) is 7.00. The molecule has 0 saturated heterocycles. The fourth-order valence-electron chi connectivity index (χ4n) is 7.00. The monoisotopic (exact) mass is 435 g/mol. The van der Waals surface area contributed by atoms with Gasteiger partial charge in [-0.1, -0.05) is 36.8 Å². The molecule has 1 N–H and O–H groups in total. The van der Waals surface area contributed by atoms with Gasteiger partial charge in [0.15, 0.2) is 0 Å². The molecule has 1 aromatic rings. The molecule has 32 heavy (non-hydrogen) atoms. The number of hydrogen-bond acceptors (Lipinski definition) is 4. The van der Waals surface area contributed by atoms with Crippen molar-refractivity contribution in [1.82, 2.24) is 5.32 Å². The lowest BCUT2D eigenvalue weighted by Gasteiger charge is -2.52. The van der Waals surface area contributed by atoms with Crippen molar-refractivity contribution in [3.63, 3.8) is 0 Å². The number of allylic oxidation sites excluding steroid dienone is 2. The van der Waals surface area contributed by atoms with Crippen molar-refractivity contribution in [2.45, 2.75) is 64.4 Å². The van der Waals surface area contributed by atoms with Gasteiger partial charge >= 0.3 is 6.09 Å². The smallest absolute Gasteiger partial charge is 0.407 e. The number of aldehydes is 1. The first-order chi connectivity index (χ1) is 15.5. The molecule has 5 atom stereocenters. The number of fused-ring (bicyclic) bond motifs is 4. The average Bonchev–Trinajstić information content (AvgIpc) is 3.14. The van der Waals surface area contributed by atoms with Crippen LogP contribution >= 0.6 is 0 Å². The van der Waals surface area contributed by atoms with Gasteiger partial charge in [-0.05, 0) is 67.6 Å². The van der Waals surface area contributed by atoms with Crippen molar-refractivity contribution >= 4 is 12.4 Å². The number of hydrogen-bond donors (Lipinski definition) is 1. The SMILES string of the molecule is CCNC(=O)O[C@H]1CCC2C3CCC4=COCCC4=C3[C@@H](c3ccc(C=O)cc3)C[C@@]21C. The standard InChI is InChI=1S/C27H33NO4/c1-3-28-26(30)32-24-11-10-23-21-9-8-19-16-31-13-12-20(19)25(21)22(14-27(23,24)2)18-6-4-17(15-29)5-7-18/h4-7,15-16,21-24H,3,8-14H2,1-2H3,(H,28,30)/t21?,22-,23?,24+,27+/m1/s1. The molecule has 1 aliphatic heterocycles. The Morgan fingerprint density at radius 1 is 1.22 bits per heavy atom. The Labute approximate surface area is 190 Å². The third-order valence-corrected chi connectivity index (χ3v) is 8.43. The number of amides is 1. The van der Waals surface area contributed by atoms with Crippen LogP contribution in [0.4, 0.5) is 4.79 Å². The van der Waals surface area contributed by atoms with Gasteiger partial charge in [0.2, 0.25) is 0 Å². The number of ether oxygens (including phenoxy) is 2. The van der Waals surface area contributed by atoms with E-state index in [0.717, 1.165) is 51.4 Å². The molecule has 0 radical (unpaired) electrons. The molecule has 0 aromatic heterocycles. The molecule has 1 heterocycles. The predicted octanol–water partition coefficient (Wildman–Crippen LogP) is 5.53. The highest BCUT2D eigenvalue weighted by Gasteiger charge is 2.58. The third-order valence-electron chi connectivity index (χ3n) is 8.43. The summed E-state index contributed by atoms with van der Waals surface area (Å²) in [7, 11) is 0. The lowest BCUT2D eigenvalue weighted by molar-refractivity contribution is -0.0156. The van der Waals surface area contributed by atoms with Crippen molar-refractivity contribution in [3.8, 4) is 0 Å². The minimum Gasteiger partial charge on any atom is -0.501 e. The molecule has 0 spiro atoms. The number of carbonyl (C=O) groups excluding carboxylic acids is 2. The summed E-state index contributed by atoms with van der Waals surface area (Å²) in [5, 5.41) is 2.81. The van der Waals surface area contributed by atoms with Gasteiger partial charge in [0, 0.05) is 29.9 Å². The first-order valence-corrected chi connectivity index (χ1v) is 12.1. The molecule has 0 bridgehead atoms. The number of benzene rings is 1. The predicted molar refractivity (Wildman–Crippen MR) is 122 cm³/mol. The summed E-state index contributed by atoms with van der Waals surface area (Å²) in [5.41, 5.74) is 6.38. The number of nitrogens with one attached hydrogen (secondary N) is 1. The van der Waals surface area contributed by atoms with Crippen LogP contribution in [0.15, 0.2) is 47.2 Å². The van der Waals surface area contributed by atoms with E-state index >= 15 is 0 Å². The lowest BCUT2D eigenvalue weighted by Crippen LogP contribution is -2.47. The maximum absolute atomic E-state index is 12.3. The van der Waals surface area contributed by atoms with Gasteiger partial charge in [-0.25, -0.2) is 4.79 Å². The summed E-state index contributed by atoms with van der Waals surface area (Å²) in [6, 6.07) is 8.10. The van der Waals surface area contributed by atoms with E-state index in [-0.39, 0.29) is 23.5 Å². The summed E-state index contributed by atoms with van der Waals surface area (Å²) < 4.78 is 11.7. The molecule has 5 rings (SSSR count). The number of alkyl carbamates (subject to hydrolysis) is 1. The van der Waals surface area contributed by atoms with Crippen LogP contribution in [0.2, 0.25) is 0 Å².